The van der Waals surface area contributed by atoms with Crippen molar-refractivity contribution >= 4 is 0 Å². The second-order valence-corrected chi connectivity index (χ2v) is 5.25. The molecule has 0 N–H and O–H groups in total. The van der Waals surface area contributed by atoms with E-state index >= 15 is 0 Å². The zero-order chi connectivity index (χ0) is 14.3. The van der Waals surface area contributed by atoms with Crippen LogP contribution >= 0.6 is 0 Å². The van der Waals surface area contributed by atoms with Gasteiger partial charge in [0, 0.05) is 17.2 Å². The molecule has 4 heteroatoms. The third-order valence-corrected chi connectivity index (χ3v) is 3.61. The van der Waals surface area contributed by atoms with Crippen molar-refractivity contribution in [1.29, 1.82) is 0 Å². The predicted molar refractivity (Wildman–Crippen MR) is 71.4 cm³/mol. The maximum atomic E-state index is 12.5. The van der Waals surface area contributed by atoms with E-state index in [1.165, 1.54) is 12.1 Å². The molecule has 3 rings (SSSR count). The lowest BCUT2D eigenvalue weighted by Gasteiger charge is -2.09. The molecule has 20 heavy (non-hydrogen) atoms. The molecule has 1 nitrogen and oxygen atoms in total. The summed E-state index contributed by atoms with van der Waals surface area (Å²) in [5, 5.41) is 0. The number of benzene rings is 1. The van der Waals surface area contributed by atoms with Gasteiger partial charge in [-0.25, -0.2) is 0 Å². The van der Waals surface area contributed by atoms with Crippen LogP contribution in [0.1, 0.15) is 35.6 Å². The predicted octanol–water partition coefficient (Wildman–Crippen LogP) is 4.95. The molecule has 0 aliphatic heterocycles. The van der Waals surface area contributed by atoms with Gasteiger partial charge in [-0.15, -0.1) is 0 Å². The van der Waals surface area contributed by atoms with Crippen molar-refractivity contribution in [2.75, 3.05) is 0 Å². The lowest BCUT2D eigenvalue weighted by atomic mass is 10.1. The zero-order valence-corrected chi connectivity index (χ0v) is 11.0. The number of rotatable bonds is 2. The van der Waals surface area contributed by atoms with E-state index in [1.807, 2.05) is 19.1 Å². The average molecular weight is 277 g/mol. The molecule has 0 spiro atoms. The van der Waals surface area contributed by atoms with Crippen LogP contribution in [-0.2, 0) is 6.18 Å². The third-order valence-electron chi connectivity index (χ3n) is 3.61. The Morgan fingerprint density at radius 3 is 2.20 bits per heavy atom. The van der Waals surface area contributed by atoms with Crippen molar-refractivity contribution in [3.63, 3.8) is 0 Å². The Kier molecular flexibility index (Phi) is 3.04. The molecule has 1 saturated carbocycles. The Labute approximate surface area is 115 Å². The highest BCUT2D eigenvalue weighted by molar-refractivity contribution is 5.60. The van der Waals surface area contributed by atoms with Gasteiger partial charge in [0.1, 0.15) is 0 Å². The van der Waals surface area contributed by atoms with Crippen molar-refractivity contribution in [2.24, 2.45) is 0 Å². The average Bonchev–Trinajstić information content (AvgIpc) is 3.23. The fourth-order valence-electron chi connectivity index (χ4n) is 2.31. The second kappa shape index (κ2) is 4.62. The van der Waals surface area contributed by atoms with E-state index in [1.54, 1.807) is 0 Å². The summed E-state index contributed by atoms with van der Waals surface area (Å²) < 4.78 is 37.6. The van der Waals surface area contributed by atoms with Gasteiger partial charge in [0.25, 0.3) is 0 Å². The van der Waals surface area contributed by atoms with E-state index in [-0.39, 0.29) is 0 Å². The van der Waals surface area contributed by atoms with E-state index in [0.29, 0.717) is 5.92 Å². The summed E-state index contributed by atoms with van der Waals surface area (Å²) in [6, 6.07) is 9.03. The summed E-state index contributed by atoms with van der Waals surface area (Å²) in [5.41, 5.74) is 3.08. The lowest BCUT2D eigenvalue weighted by molar-refractivity contribution is -0.137. The molecule has 0 atom stereocenters. The lowest BCUT2D eigenvalue weighted by Crippen LogP contribution is -2.04. The van der Waals surface area contributed by atoms with Crippen LogP contribution in [0.25, 0.3) is 11.3 Å². The smallest absolute Gasteiger partial charge is 0.252 e. The van der Waals surface area contributed by atoms with E-state index < -0.39 is 11.7 Å². The monoisotopic (exact) mass is 277 g/mol. The normalized spacial score (nSPS) is 15.4. The van der Waals surface area contributed by atoms with Gasteiger partial charge in [-0.2, -0.15) is 13.2 Å². The van der Waals surface area contributed by atoms with Crippen LogP contribution in [0, 0.1) is 6.92 Å². The summed E-state index contributed by atoms with van der Waals surface area (Å²) in [7, 11) is 0. The van der Waals surface area contributed by atoms with Gasteiger partial charge in [0.15, 0.2) is 0 Å². The maximum Gasteiger partial charge on any atom is 0.416 e. The minimum atomic E-state index is -4.29. The van der Waals surface area contributed by atoms with Gasteiger partial charge >= 0.3 is 6.18 Å². The number of pyridine rings is 1. The number of aromatic nitrogens is 1. The van der Waals surface area contributed by atoms with Crippen LogP contribution in [0.2, 0.25) is 0 Å². The van der Waals surface area contributed by atoms with Crippen molar-refractivity contribution in [1.82, 2.24) is 4.98 Å². The molecule has 1 aromatic heterocycles. The van der Waals surface area contributed by atoms with Crippen LogP contribution in [0.4, 0.5) is 13.2 Å². The minimum Gasteiger partial charge on any atom is -0.252 e. The van der Waals surface area contributed by atoms with Crippen molar-refractivity contribution in [3.05, 3.63) is 53.2 Å². The van der Waals surface area contributed by atoms with Gasteiger partial charge in [-0.3, -0.25) is 4.98 Å². The summed E-state index contributed by atoms with van der Waals surface area (Å²) in [6.45, 7) is 2.02. The number of halogens is 3. The van der Waals surface area contributed by atoms with Gasteiger partial charge in [0.05, 0.1) is 11.3 Å². The molecule has 1 aliphatic rings. The topological polar surface area (TPSA) is 12.9 Å². The molecular weight excluding hydrogens is 263 g/mol. The first kappa shape index (κ1) is 13.2. The highest BCUT2D eigenvalue weighted by Gasteiger charge is 2.30. The molecule has 104 valence electrons. The van der Waals surface area contributed by atoms with Gasteiger partial charge < -0.3 is 0 Å². The van der Waals surface area contributed by atoms with Crippen LogP contribution in [0.15, 0.2) is 36.4 Å². The number of alkyl halides is 3. The standard InChI is InChI=1S/C16H14F3N/c1-10-2-9-14(20-15(10)12-3-4-12)11-5-7-13(8-6-11)16(17,18)19/h2,5-9,12H,3-4H2,1H3. The van der Waals surface area contributed by atoms with Crippen LogP contribution in [0.3, 0.4) is 0 Å². The molecule has 2 aromatic rings. The molecule has 0 radical (unpaired) electrons. The first-order valence-electron chi connectivity index (χ1n) is 6.60. The Hall–Kier alpha value is -1.84. The molecule has 1 aliphatic carbocycles. The van der Waals surface area contributed by atoms with Gasteiger partial charge in [0.2, 0.25) is 0 Å². The summed E-state index contributed by atoms with van der Waals surface area (Å²) in [4.78, 5) is 4.62. The summed E-state index contributed by atoms with van der Waals surface area (Å²) in [5.74, 6) is 0.532. The minimum absolute atomic E-state index is 0.532. The fraction of sp³-hybridized carbons (Fsp3) is 0.312. The highest BCUT2D eigenvalue weighted by atomic mass is 19.4. The summed E-state index contributed by atoms with van der Waals surface area (Å²) in [6.07, 6.45) is -1.98. The van der Waals surface area contributed by atoms with Crippen LogP contribution < -0.4 is 0 Å². The zero-order valence-electron chi connectivity index (χ0n) is 11.0. The van der Waals surface area contributed by atoms with Crippen LogP contribution in [0.5, 0.6) is 0 Å². The molecular formula is C16H14F3N. The SMILES string of the molecule is Cc1ccc(-c2ccc(C(F)(F)F)cc2)nc1C1CC1. The number of aryl methyl sites for hydroxylation is 1. The number of hydrogen-bond donors (Lipinski definition) is 0. The first-order chi connectivity index (χ1) is 9.45. The molecule has 1 aromatic carbocycles. The molecule has 0 saturated heterocycles. The molecule has 0 bridgehead atoms. The molecule has 1 fully saturated rings. The third kappa shape index (κ3) is 2.55. The largest absolute Gasteiger partial charge is 0.416 e. The highest BCUT2D eigenvalue weighted by Crippen LogP contribution is 2.41. The first-order valence-corrected chi connectivity index (χ1v) is 6.60. The quantitative estimate of drug-likeness (QED) is 0.756. The Balaban J connectivity index is 1.95. The molecule has 0 amide bonds. The second-order valence-electron chi connectivity index (χ2n) is 5.25. The van der Waals surface area contributed by atoms with Gasteiger partial charge in [-0.1, -0.05) is 18.2 Å². The van der Waals surface area contributed by atoms with Crippen molar-refractivity contribution in [3.8, 4) is 11.3 Å². The van der Waals surface area contributed by atoms with Crippen molar-refractivity contribution in [2.45, 2.75) is 31.9 Å². The van der Waals surface area contributed by atoms with E-state index in [2.05, 4.69) is 4.98 Å². The van der Waals surface area contributed by atoms with E-state index in [0.717, 1.165) is 47.5 Å². The van der Waals surface area contributed by atoms with Gasteiger partial charge in [-0.05, 0) is 43.5 Å². The Bertz CT molecular complexity index is 625. The van der Waals surface area contributed by atoms with E-state index in [4.69, 9.17) is 0 Å². The van der Waals surface area contributed by atoms with Crippen LogP contribution in [-0.4, -0.2) is 4.98 Å². The van der Waals surface area contributed by atoms with Crippen molar-refractivity contribution < 1.29 is 13.2 Å². The summed E-state index contributed by atoms with van der Waals surface area (Å²) >= 11 is 0. The van der Waals surface area contributed by atoms with E-state index in [9.17, 15) is 13.2 Å². The number of hydrogen-bond acceptors (Lipinski definition) is 1. The Morgan fingerprint density at radius 2 is 1.65 bits per heavy atom. The Morgan fingerprint density at radius 1 is 1.00 bits per heavy atom. The number of nitrogens with zero attached hydrogens (tertiary/aromatic N) is 1. The molecule has 1 heterocycles. The molecule has 0 unspecified atom stereocenters. The maximum absolute atomic E-state index is 12.5. The fourth-order valence-corrected chi connectivity index (χ4v) is 2.31.